The van der Waals surface area contributed by atoms with Gasteiger partial charge in [0, 0.05) is 44.7 Å². The minimum atomic E-state index is -0.242. The summed E-state index contributed by atoms with van der Waals surface area (Å²) in [5, 5.41) is 5.11. The quantitative estimate of drug-likeness (QED) is 0.145. The Morgan fingerprint density at radius 3 is 2.03 bits per heavy atom. The van der Waals surface area contributed by atoms with Crippen LogP contribution in [0, 0.1) is 0 Å². The lowest BCUT2D eigenvalue weighted by molar-refractivity contribution is 0.724. The SMILES string of the molecule is NC(/C=C(\N=C\c1ccc(-c2cccc3c4ccccc4n(-c4ccc(-c5ccc6c7ccccc7n(C7=CCCCC7)c6c5)cc4)c23)cc1)C1=CC=CCC1)c1ccccc1. The van der Waals surface area contributed by atoms with Gasteiger partial charge in [-0.2, -0.15) is 0 Å². The van der Waals surface area contributed by atoms with E-state index in [9.17, 15) is 0 Å². The van der Waals surface area contributed by atoms with E-state index >= 15 is 0 Å². The Morgan fingerprint density at radius 2 is 1.27 bits per heavy atom. The summed E-state index contributed by atoms with van der Waals surface area (Å²) >= 11 is 0. The number of aliphatic imine (C=N–C) groups is 1. The van der Waals surface area contributed by atoms with E-state index in [0.717, 1.165) is 53.8 Å². The van der Waals surface area contributed by atoms with E-state index in [4.69, 9.17) is 10.7 Å². The van der Waals surface area contributed by atoms with Gasteiger partial charge in [0.25, 0.3) is 0 Å². The highest BCUT2D eigenvalue weighted by Crippen LogP contribution is 2.40. The van der Waals surface area contributed by atoms with Crippen LogP contribution in [0.25, 0.3) is 77.2 Å². The number of rotatable bonds is 9. The third kappa shape index (κ3) is 6.93. The Morgan fingerprint density at radius 1 is 0.581 bits per heavy atom. The molecule has 4 heteroatoms. The first-order valence-electron chi connectivity index (χ1n) is 22.1. The zero-order chi connectivity index (χ0) is 41.4. The van der Waals surface area contributed by atoms with Crippen LogP contribution in [0.2, 0.25) is 0 Å². The highest BCUT2D eigenvalue weighted by molar-refractivity contribution is 6.14. The van der Waals surface area contributed by atoms with Crippen molar-refractivity contribution in [2.24, 2.45) is 10.7 Å². The zero-order valence-electron chi connectivity index (χ0n) is 34.8. The number of allylic oxidation sites excluding steroid dienone is 6. The number of hydrogen-bond acceptors (Lipinski definition) is 2. The van der Waals surface area contributed by atoms with Crippen LogP contribution in [0.4, 0.5) is 0 Å². The van der Waals surface area contributed by atoms with Crippen LogP contribution < -0.4 is 5.73 Å². The predicted molar refractivity (Wildman–Crippen MR) is 263 cm³/mol. The molecule has 1 atom stereocenters. The minimum absolute atomic E-state index is 0.242. The van der Waals surface area contributed by atoms with E-state index in [-0.39, 0.29) is 6.04 Å². The summed E-state index contributed by atoms with van der Waals surface area (Å²) in [6, 6.07) is 59.3. The normalized spacial score (nSPS) is 15.2. The smallest absolute Gasteiger partial charge is 0.0640 e. The van der Waals surface area contributed by atoms with Crippen LogP contribution in [-0.2, 0) is 0 Å². The standard InChI is InChI=1S/C58H48N4/c59-53(43-15-4-1-5-16-43)38-54(44-17-6-2-7-18-44)60-39-40-27-29-42(30-28-40)48-23-14-24-52-50-22-11-13-26-56(50)62(58(48)52)47-34-31-41(32-35-47)45-33-36-51-49-21-10-12-25-55(49)61(57(51)37-45)46-19-8-3-9-20-46/h1-2,4-6,10-17,19,21-39,53H,3,7-9,18,20,59H2/b54-38-,60-39+. The van der Waals surface area contributed by atoms with Gasteiger partial charge < -0.3 is 14.9 Å². The van der Waals surface area contributed by atoms with E-state index in [1.165, 1.54) is 84.4 Å². The molecule has 9 aromatic rings. The van der Waals surface area contributed by atoms with E-state index in [1.54, 1.807) is 0 Å². The van der Waals surface area contributed by atoms with Gasteiger partial charge in [-0.1, -0.05) is 158 Å². The molecule has 0 saturated carbocycles. The number of nitrogens with two attached hydrogens (primary N) is 1. The van der Waals surface area contributed by atoms with Gasteiger partial charge in [-0.05, 0) is 108 Å². The van der Waals surface area contributed by atoms with E-state index < -0.39 is 0 Å². The molecule has 0 fully saturated rings. The molecule has 62 heavy (non-hydrogen) atoms. The van der Waals surface area contributed by atoms with Crippen LogP contribution in [0.15, 0.2) is 210 Å². The van der Waals surface area contributed by atoms with E-state index in [2.05, 4.69) is 185 Å². The lowest BCUT2D eigenvalue weighted by Crippen LogP contribution is -2.08. The molecule has 0 saturated heterocycles. The number of aromatic nitrogens is 2. The molecule has 300 valence electrons. The molecule has 0 bridgehead atoms. The summed E-state index contributed by atoms with van der Waals surface area (Å²) < 4.78 is 4.96. The molecule has 2 heterocycles. The fourth-order valence-corrected chi connectivity index (χ4v) is 9.69. The molecule has 0 aliphatic heterocycles. The maximum absolute atomic E-state index is 6.68. The number of hydrogen-bond donors (Lipinski definition) is 1. The van der Waals surface area contributed by atoms with Crippen molar-refractivity contribution >= 4 is 55.5 Å². The molecule has 0 spiro atoms. The topological polar surface area (TPSA) is 48.2 Å². The van der Waals surface area contributed by atoms with Gasteiger partial charge in [0.2, 0.25) is 0 Å². The Labute approximate surface area is 363 Å². The summed E-state index contributed by atoms with van der Waals surface area (Å²) in [5.74, 6) is 0. The monoisotopic (exact) mass is 800 g/mol. The minimum Gasteiger partial charge on any atom is -0.321 e. The van der Waals surface area contributed by atoms with Crippen molar-refractivity contribution in [3.63, 3.8) is 0 Å². The second kappa shape index (κ2) is 16.3. The Hall–Kier alpha value is -7.27. The molecule has 0 amide bonds. The van der Waals surface area contributed by atoms with Crippen molar-refractivity contribution < 1.29 is 0 Å². The van der Waals surface area contributed by atoms with Gasteiger partial charge in [0.15, 0.2) is 0 Å². The van der Waals surface area contributed by atoms with Gasteiger partial charge >= 0.3 is 0 Å². The fraction of sp³-hybridized carbons (Fsp3) is 0.121. The zero-order valence-corrected chi connectivity index (χ0v) is 34.8. The average molecular weight is 801 g/mol. The maximum atomic E-state index is 6.68. The van der Waals surface area contributed by atoms with Crippen LogP contribution >= 0.6 is 0 Å². The van der Waals surface area contributed by atoms with Crippen LogP contribution in [0.3, 0.4) is 0 Å². The van der Waals surface area contributed by atoms with E-state index in [1.807, 2.05) is 24.4 Å². The second-order valence-electron chi connectivity index (χ2n) is 16.7. The van der Waals surface area contributed by atoms with Crippen molar-refractivity contribution in [1.82, 2.24) is 9.13 Å². The largest absolute Gasteiger partial charge is 0.321 e. The van der Waals surface area contributed by atoms with Crippen molar-refractivity contribution in [2.75, 3.05) is 0 Å². The molecule has 4 nitrogen and oxygen atoms in total. The summed E-state index contributed by atoms with van der Waals surface area (Å²) in [6.07, 6.45) is 19.7. The number of benzene rings is 7. The highest BCUT2D eigenvalue weighted by atomic mass is 15.0. The molecular weight excluding hydrogens is 753 g/mol. The summed E-state index contributed by atoms with van der Waals surface area (Å²) in [5.41, 5.74) is 23.2. The summed E-state index contributed by atoms with van der Waals surface area (Å²) in [7, 11) is 0. The predicted octanol–water partition coefficient (Wildman–Crippen LogP) is 14.9. The molecular formula is C58H48N4. The first kappa shape index (κ1) is 37.7. The third-order valence-electron chi connectivity index (χ3n) is 12.8. The highest BCUT2D eigenvalue weighted by Gasteiger charge is 2.19. The summed E-state index contributed by atoms with van der Waals surface area (Å²) in [6.45, 7) is 0. The van der Waals surface area contributed by atoms with Crippen molar-refractivity contribution in [3.05, 3.63) is 217 Å². The molecule has 11 rings (SSSR count). The van der Waals surface area contributed by atoms with Gasteiger partial charge in [-0.15, -0.1) is 0 Å². The molecule has 2 aromatic heterocycles. The molecule has 1 unspecified atom stereocenters. The second-order valence-corrected chi connectivity index (χ2v) is 16.7. The molecule has 0 radical (unpaired) electrons. The maximum Gasteiger partial charge on any atom is 0.0640 e. The molecule has 2 N–H and O–H groups in total. The van der Waals surface area contributed by atoms with Crippen LogP contribution in [0.1, 0.15) is 55.7 Å². The molecule has 7 aromatic carbocycles. The van der Waals surface area contributed by atoms with Crippen LogP contribution in [-0.4, -0.2) is 15.3 Å². The summed E-state index contributed by atoms with van der Waals surface area (Å²) in [4.78, 5) is 5.04. The average Bonchev–Trinajstić information content (AvgIpc) is 3.86. The number of fused-ring (bicyclic) bond motifs is 6. The molecule has 2 aliphatic carbocycles. The van der Waals surface area contributed by atoms with Gasteiger partial charge in [0.1, 0.15) is 0 Å². The number of nitrogens with zero attached hydrogens (tertiary/aromatic N) is 3. The Balaban J connectivity index is 0.948. The van der Waals surface area contributed by atoms with Gasteiger partial charge in [0.05, 0.1) is 33.8 Å². The van der Waals surface area contributed by atoms with Crippen molar-refractivity contribution in [2.45, 2.75) is 44.6 Å². The lowest BCUT2D eigenvalue weighted by atomic mass is 9.98. The van der Waals surface area contributed by atoms with Crippen LogP contribution in [0.5, 0.6) is 0 Å². The molecule has 2 aliphatic rings. The first-order chi connectivity index (χ1) is 30.7. The number of para-hydroxylation sites is 3. The Bertz CT molecular complexity index is 3280. The van der Waals surface area contributed by atoms with Crippen molar-refractivity contribution in [3.8, 4) is 27.9 Å². The van der Waals surface area contributed by atoms with Gasteiger partial charge in [-0.25, -0.2) is 0 Å². The first-order valence-corrected chi connectivity index (χ1v) is 22.1. The van der Waals surface area contributed by atoms with Gasteiger partial charge in [-0.3, -0.25) is 4.99 Å². The fourth-order valence-electron chi connectivity index (χ4n) is 9.69. The lowest BCUT2D eigenvalue weighted by Gasteiger charge is -2.17. The van der Waals surface area contributed by atoms with Crippen molar-refractivity contribution in [1.29, 1.82) is 0 Å². The third-order valence-corrected chi connectivity index (χ3v) is 12.8. The Kier molecular flexibility index (Phi) is 9.91. The van der Waals surface area contributed by atoms with E-state index in [0.29, 0.717) is 0 Å².